The third-order valence-electron chi connectivity index (χ3n) is 2.39. The van der Waals surface area contributed by atoms with Crippen LogP contribution < -0.4 is 5.32 Å². The van der Waals surface area contributed by atoms with Gasteiger partial charge in [-0.25, -0.2) is 4.79 Å². The van der Waals surface area contributed by atoms with Crippen LogP contribution in [0.3, 0.4) is 0 Å². The number of thioether (sulfide) groups is 1. The van der Waals surface area contributed by atoms with Gasteiger partial charge in [-0.2, -0.15) is 4.99 Å². The average molecular weight is 258 g/mol. The number of carbonyl (C=O) groups is 2. The van der Waals surface area contributed by atoms with E-state index in [1.54, 1.807) is 14.0 Å². The van der Waals surface area contributed by atoms with Crippen LogP contribution in [0.5, 0.6) is 0 Å². The van der Waals surface area contributed by atoms with Crippen LogP contribution in [0, 0.1) is 0 Å². The van der Waals surface area contributed by atoms with E-state index in [-0.39, 0.29) is 17.3 Å². The van der Waals surface area contributed by atoms with Crippen LogP contribution in [0.15, 0.2) is 4.99 Å². The number of carbonyl (C=O) groups excluding carboxylic acids is 2. The van der Waals surface area contributed by atoms with Gasteiger partial charge in [0.25, 0.3) is 0 Å². The predicted molar refractivity (Wildman–Crippen MR) is 69.2 cm³/mol. The highest BCUT2D eigenvalue weighted by molar-refractivity contribution is 8.00. The molecule has 0 aromatic carbocycles. The fraction of sp³-hybridized carbons (Fsp3) is 0.700. The molecule has 6 nitrogen and oxygen atoms in total. The quantitative estimate of drug-likeness (QED) is 0.784. The number of rotatable bonds is 3. The summed E-state index contributed by atoms with van der Waals surface area (Å²) in [4.78, 5) is 30.1. The van der Waals surface area contributed by atoms with Gasteiger partial charge in [0.2, 0.25) is 0 Å². The number of urea groups is 1. The van der Waals surface area contributed by atoms with E-state index in [9.17, 15) is 9.59 Å². The number of nitrogens with zero attached hydrogens (tertiary/aromatic N) is 3. The van der Waals surface area contributed by atoms with Crippen molar-refractivity contribution < 1.29 is 9.59 Å². The predicted octanol–water partition coefficient (Wildman–Crippen LogP) is 0.207. The summed E-state index contributed by atoms with van der Waals surface area (Å²) in [5.41, 5.74) is 0.0577. The van der Waals surface area contributed by atoms with E-state index in [1.807, 2.05) is 19.0 Å². The van der Waals surface area contributed by atoms with Crippen LogP contribution >= 0.6 is 11.8 Å². The van der Waals surface area contributed by atoms with Gasteiger partial charge in [0.15, 0.2) is 0 Å². The first-order valence-electron chi connectivity index (χ1n) is 5.29. The molecule has 1 aliphatic heterocycles. The van der Waals surface area contributed by atoms with Crippen molar-refractivity contribution in [2.45, 2.75) is 12.4 Å². The summed E-state index contributed by atoms with van der Waals surface area (Å²) in [5.74, 6) is 1.33. The van der Waals surface area contributed by atoms with Gasteiger partial charge in [-0.3, -0.25) is 9.69 Å². The largest absolute Gasteiger partial charge is 0.342 e. The summed E-state index contributed by atoms with van der Waals surface area (Å²) < 4.78 is 0. The number of Topliss-reactive ketones (excluding diaryl/α,β-unsaturated/α-hetero) is 1. The number of amidine groups is 1. The minimum Gasteiger partial charge on any atom is -0.339 e. The van der Waals surface area contributed by atoms with Crippen molar-refractivity contribution in [2.24, 2.45) is 4.99 Å². The molecule has 7 heteroatoms. The van der Waals surface area contributed by atoms with Gasteiger partial charge in [0, 0.05) is 14.1 Å². The second kappa shape index (κ2) is 6.02. The van der Waals surface area contributed by atoms with Crippen molar-refractivity contribution in [3.8, 4) is 0 Å². The zero-order valence-electron chi connectivity index (χ0n) is 10.6. The van der Waals surface area contributed by atoms with Crippen molar-refractivity contribution in [3.63, 3.8) is 0 Å². The molecule has 0 spiro atoms. The van der Waals surface area contributed by atoms with E-state index < -0.39 is 0 Å². The van der Waals surface area contributed by atoms with Crippen molar-refractivity contribution in [2.75, 3.05) is 33.4 Å². The van der Waals surface area contributed by atoms with Crippen LogP contribution in [0.25, 0.3) is 0 Å². The minimum absolute atomic E-state index is 0.0577. The summed E-state index contributed by atoms with van der Waals surface area (Å²) in [7, 11) is 5.37. The van der Waals surface area contributed by atoms with Crippen molar-refractivity contribution in [1.82, 2.24) is 15.1 Å². The maximum Gasteiger partial charge on any atom is 0.342 e. The van der Waals surface area contributed by atoms with Gasteiger partial charge >= 0.3 is 6.03 Å². The van der Waals surface area contributed by atoms with Gasteiger partial charge in [-0.05, 0) is 14.0 Å². The molecule has 17 heavy (non-hydrogen) atoms. The molecule has 1 saturated heterocycles. The molecule has 0 saturated carbocycles. The van der Waals surface area contributed by atoms with Crippen LogP contribution in [-0.2, 0) is 4.79 Å². The highest BCUT2D eigenvalue weighted by Gasteiger charge is 2.32. The van der Waals surface area contributed by atoms with Gasteiger partial charge in [-0.1, -0.05) is 0 Å². The number of hydrogen-bond donors (Lipinski definition) is 1. The maximum atomic E-state index is 11.2. The lowest BCUT2D eigenvalue weighted by Gasteiger charge is -2.24. The molecule has 0 aromatic rings. The normalized spacial score (nSPS) is 23.2. The zero-order chi connectivity index (χ0) is 13.0. The number of nitrogens with one attached hydrogen (secondary N) is 1. The number of ketones is 1. The molecule has 0 aliphatic carbocycles. The van der Waals surface area contributed by atoms with Crippen LogP contribution in [0.2, 0.25) is 0 Å². The smallest absolute Gasteiger partial charge is 0.339 e. The van der Waals surface area contributed by atoms with Crippen molar-refractivity contribution in [1.29, 1.82) is 0 Å². The van der Waals surface area contributed by atoms with Gasteiger partial charge in [0.05, 0.1) is 12.3 Å². The Bertz CT molecular complexity index is 345. The topological polar surface area (TPSA) is 65.0 Å². The first-order valence-corrected chi connectivity index (χ1v) is 6.34. The summed E-state index contributed by atoms with van der Waals surface area (Å²) in [5, 5.41) is 2.46. The van der Waals surface area contributed by atoms with E-state index >= 15 is 0 Å². The Labute approximate surface area is 105 Å². The number of aliphatic imine (C=N–C) groups is 1. The molecule has 1 fully saturated rings. The van der Waals surface area contributed by atoms with Crippen LogP contribution in [0.4, 0.5) is 4.79 Å². The summed E-state index contributed by atoms with van der Waals surface area (Å²) in [6.45, 7) is 2.18. The fourth-order valence-electron chi connectivity index (χ4n) is 1.55. The van der Waals surface area contributed by atoms with E-state index in [4.69, 9.17) is 0 Å². The molecule has 0 bridgehead atoms. The van der Waals surface area contributed by atoms with Crippen LogP contribution in [-0.4, -0.2) is 66.4 Å². The second-order valence-corrected chi connectivity index (χ2v) is 4.99. The Morgan fingerprint density at radius 2 is 2.18 bits per heavy atom. The second-order valence-electron chi connectivity index (χ2n) is 3.95. The van der Waals surface area contributed by atoms with Gasteiger partial charge in [-0.15, -0.1) is 11.8 Å². The molecule has 0 aromatic heterocycles. The third-order valence-corrected chi connectivity index (χ3v) is 3.93. The lowest BCUT2D eigenvalue weighted by Crippen LogP contribution is -2.33. The Kier molecular flexibility index (Phi) is 4.95. The molecule has 1 unspecified atom stereocenters. The molecule has 1 heterocycles. The Balaban J connectivity index is 2.67. The molecule has 1 N–H and O–H groups in total. The highest BCUT2D eigenvalue weighted by Crippen LogP contribution is 2.23. The fourth-order valence-corrected chi connectivity index (χ4v) is 2.61. The summed E-state index contributed by atoms with van der Waals surface area (Å²) in [6, 6.07) is -0.350. The van der Waals surface area contributed by atoms with E-state index in [2.05, 4.69) is 15.2 Å². The number of hydrogen-bond acceptors (Lipinski definition) is 4. The van der Waals surface area contributed by atoms with Crippen molar-refractivity contribution >= 4 is 29.4 Å². The molecule has 1 atom stereocenters. The Hall–Kier alpha value is -1.08. The van der Waals surface area contributed by atoms with Crippen molar-refractivity contribution in [3.05, 3.63) is 0 Å². The summed E-state index contributed by atoms with van der Waals surface area (Å²) in [6.07, 6.45) is 0. The molecule has 96 valence electrons. The lowest BCUT2D eigenvalue weighted by atomic mass is 10.5. The number of amides is 2. The van der Waals surface area contributed by atoms with Gasteiger partial charge < -0.3 is 10.2 Å². The van der Waals surface area contributed by atoms with E-state index in [0.29, 0.717) is 18.1 Å². The first kappa shape index (κ1) is 14.0. The summed E-state index contributed by atoms with van der Waals surface area (Å²) >= 11 is 1.54. The molecule has 2 amide bonds. The van der Waals surface area contributed by atoms with Crippen LogP contribution in [0.1, 0.15) is 6.92 Å². The first-order chi connectivity index (χ1) is 7.95. The monoisotopic (exact) mass is 258 g/mol. The Morgan fingerprint density at radius 3 is 2.71 bits per heavy atom. The third kappa shape index (κ3) is 3.71. The average Bonchev–Trinajstić information content (AvgIpc) is 2.51. The highest BCUT2D eigenvalue weighted by atomic mass is 32.2. The maximum absolute atomic E-state index is 11.2. The molecular formula is C10H18N4O2S. The lowest BCUT2D eigenvalue weighted by molar-refractivity contribution is -0.114. The molecular weight excluding hydrogens is 240 g/mol. The minimum atomic E-state index is -0.350. The number of likely N-dealkylation sites (N-methyl/N-ethyl adjacent to an activating group) is 2. The SMILES string of the molecule is CNC(=O)N=C1CN(C)C(SCC(C)=O)N1C. The molecule has 0 radical (unpaired) electrons. The zero-order valence-corrected chi connectivity index (χ0v) is 11.4. The standard InChI is InChI=1S/C10H18N4O2S/c1-7(15)6-17-10-13(3)5-8(14(10)4)12-9(16)11-2/h10H,5-6H2,1-4H3,(H,11,16). The Morgan fingerprint density at radius 1 is 1.53 bits per heavy atom. The van der Waals surface area contributed by atoms with E-state index in [1.165, 1.54) is 11.8 Å². The van der Waals surface area contributed by atoms with E-state index in [0.717, 1.165) is 0 Å². The molecule has 1 rings (SSSR count). The molecule has 1 aliphatic rings. The van der Waals surface area contributed by atoms with Gasteiger partial charge in [0.1, 0.15) is 17.1 Å².